The van der Waals surface area contributed by atoms with Gasteiger partial charge in [0.15, 0.2) is 12.2 Å². The molecule has 2 aromatic carbocycles. The van der Waals surface area contributed by atoms with Crippen molar-refractivity contribution in [3.63, 3.8) is 0 Å². The Morgan fingerprint density at radius 2 is 1.96 bits per heavy atom. The van der Waals surface area contributed by atoms with Crippen LogP contribution in [-0.2, 0) is 6.42 Å². The molecule has 0 amide bonds. The number of oxazole rings is 1. The summed E-state index contributed by atoms with van der Waals surface area (Å²) in [6, 6.07) is 13.9. The van der Waals surface area contributed by atoms with Gasteiger partial charge in [-0.15, -0.1) is 0 Å². The molecule has 0 aliphatic heterocycles. The van der Waals surface area contributed by atoms with Crippen LogP contribution in [0.2, 0.25) is 10.0 Å². The lowest BCUT2D eigenvalue weighted by molar-refractivity contribution is 0.562. The summed E-state index contributed by atoms with van der Waals surface area (Å²) in [4.78, 5) is 3.98. The van der Waals surface area contributed by atoms with Crippen molar-refractivity contribution in [3.8, 4) is 11.3 Å². The SMILES string of the molecule is CC(N)C(Cc1ccc(Cl)c(Cl)c1)c1cccc(-c2cnco2)c1. The van der Waals surface area contributed by atoms with Crippen molar-refractivity contribution in [2.24, 2.45) is 5.73 Å². The number of halogens is 2. The van der Waals surface area contributed by atoms with E-state index in [9.17, 15) is 0 Å². The fraction of sp³-hybridized carbons (Fsp3) is 0.211. The lowest BCUT2D eigenvalue weighted by Crippen LogP contribution is -2.26. The average Bonchev–Trinajstić information content (AvgIpc) is 3.10. The molecular weight excluding hydrogens is 343 g/mol. The lowest BCUT2D eigenvalue weighted by atomic mass is 9.86. The van der Waals surface area contributed by atoms with Crippen LogP contribution in [-0.4, -0.2) is 11.0 Å². The Balaban J connectivity index is 1.91. The Morgan fingerprint density at radius 1 is 1.12 bits per heavy atom. The van der Waals surface area contributed by atoms with Gasteiger partial charge in [-0.2, -0.15) is 0 Å². The minimum Gasteiger partial charge on any atom is -0.444 e. The Morgan fingerprint density at radius 3 is 2.62 bits per heavy atom. The van der Waals surface area contributed by atoms with E-state index in [1.54, 1.807) is 6.20 Å². The van der Waals surface area contributed by atoms with Gasteiger partial charge in [0.05, 0.1) is 16.2 Å². The number of nitrogens with zero attached hydrogens (tertiary/aromatic N) is 1. The number of aromatic nitrogens is 1. The van der Waals surface area contributed by atoms with E-state index in [1.165, 1.54) is 6.39 Å². The van der Waals surface area contributed by atoms with Gasteiger partial charge in [-0.3, -0.25) is 0 Å². The molecule has 0 bridgehead atoms. The van der Waals surface area contributed by atoms with E-state index >= 15 is 0 Å². The maximum Gasteiger partial charge on any atom is 0.181 e. The van der Waals surface area contributed by atoms with Crippen LogP contribution in [0.1, 0.15) is 24.0 Å². The molecule has 0 aliphatic carbocycles. The number of hydrogen-bond acceptors (Lipinski definition) is 3. The third-order valence-electron chi connectivity index (χ3n) is 4.11. The van der Waals surface area contributed by atoms with Crippen molar-refractivity contribution in [2.75, 3.05) is 0 Å². The summed E-state index contributed by atoms with van der Waals surface area (Å²) >= 11 is 12.1. The summed E-state index contributed by atoms with van der Waals surface area (Å²) in [6.45, 7) is 2.02. The maximum absolute atomic E-state index is 6.26. The quantitative estimate of drug-likeness (QED) is 0.669. The average molecular weight is 361 g/mol. The Labute approximate surface area is 151 Å². The second-order valence-corrected chi connectivity index (χ2v) is 6.72. The van der Waals surface area contributed by atoms with E-state index in [-0.39, 0.29) is 12.0 Å². The molecule has 24 heavy (non-hydrogen) atoms. The molecule has 3 nitrogen and oxygen atoms in total. The van der Waals surface area contributed by atoms with E-state index in [1.807, 2.05) is 37.3 Å². The second-order valence-electron chi connectivity index (χ2n) is 5.91. The van der Waals surface area contributed by atoms with Crippen molar-refractivity contribution >= 4 is 23.2 Å². The minimum atomic E-state index is -0.00979. The number of benzene rings is 2. The van der Waals surface area contributed by atoms with Gasteiger partial charge < -0.3 is 10.2 Å². The third-order valence-corrected chi connectivity index (χ3v) is 4.84. The fourth-order valence-corrected chi connectivity index (χ4v) is 3.13. The van der Waals surface area contributed by atoms with Gasteiger partial charge >= 0.3 is 0 Å². The monoisotopic (exact) mass is 360 g/mol. The van der Waals surface area contributed by atoms with E-state index in [4.69, 9.17) is 33.4 Å². The maximum atomic E-state index is 6.26. The third kappa shape index (κ3) is 3.81. The first-order valence-electron chi connectivity index (χ1n) is 7.73. The Kier molecular flexibility index (Phi) is 5.24. The zero-order valence-electron chi connectivity index (χ0n) is 13.2. The highest BCUT2D eigenvalue weighted by atomic mass is 35.5. The van der Waals surface area contributed by atoms with Gasteiger partial charge in [0.25, 0.3) is 0 Å². The molecule has 0 fully saturated rings. The van der Waals surface area contributed by atoms with E-state index in [0.717, 1.165) is 28.9 Å². The first-order chi connectivity index (χ1) is 11.5. The first-order valence-corrected chi connectivity index (χ1v) is 8.48. The summed E-state index contributed by atoms with van der Waals surface area (Å²) in [5.41, 5.74) is 9.51. The van der Waals surface area contributed by atoms with Gasteiger partial charge in [0.2, 0.25) is 0 Å². The smallest absolute Gasteiger partial charge is 0.181 e. The topological polar surface area (TPSA) is 52.0 Å². The molecular formula is C19H18Cl2N2O. The van der Waals surface area contributed by atoms with Gasteiger partial charge in [-0.1, -0.05) is 47.5 Å². The molecule has 124 valence electrons. The zero-order chi connectivity index (χ0) is 17.1. The van der Waals surface area contributed by atoms with E-state index in [2.05, 4.69) is 17.1 Å². The molecule has 3 rings (SSSR count). The van der Waals surface area contributed by atoms with Crippen LogP contribution in [0.3, 0.4) is 0 Å². The first kappa shape index (κ1) is 17.0. The molecule has 2 unspecified atom stereocenters. The van der Waals surface area contributed by atoms with Crippen LogP contribution < -0.4 is 5.73 Å². The number of hydrogen-bond donors (Lipinski definition) is 1. The molecule has 1 heterocycles. The predicted octanol–water partition coefficient (Wildman–Crippen LogP) is 5.32. The highest BCUT2D eigenvalue weighted by molar-refractivity contribution is 6.42. The van der Waals surface area contributed by atoms with Crippen LogP contribution in [0.4, 0.5) is 0 Å². The molecule has 5 heteroatoms. The fourth-order valence-electron chi connectivity index (χ4n) is 2.81. The summed E-state index contributed by atoms with van der Waals surface area (Å²) in [5, 5.41) is 1.12. The minimum absolute atomic E-state index is 0.00979. The molecule has 0 aliphatic rings. The molecule has 0 radical (unpaired) electrons. The van der Waals surface area contributed by atoms with Gasteiger partial charge in [-0.25, -0.2) is 4.98 Å². The highest BCUT2D eigenvalue weighted by Crippen LogP contribution is 2.30. The van der Waals surface area contributed by atoms with Crippen LogP contribution in [0.15, 0.2) is 59.5 Å². The summed E-state index contributed by atoms with van der Waals surface area (Å²) in [6.07, 6.45) is 3.92. The summed E-state index contributed by atoms with van der Waals surface area (Å²) < 4.78 is 5.39. The van der Waals surface area contributed by atoms with Gasteiger partial charge in [0.1, 0.15) is 0 Å². The number of nitrogens with two attached hydrogens (primary N) is 1. The molecule has 0 saturated carbocycles. The van der Waals surface area contributed by atoms with Crippen LogP contribution in [0, 0.1) is 0 Å². The Hall–Kier alpha value is -1.81. The predicted molar refractivity (Wildman–Crippen MR) is 98.5 cm³/mol. The molecule has 0 saturated heterocycles. The zero-order valence-corrected chi connectivity index (χ0v) is 14.8. The molecule has 2 atom stereocenters. The lowest BCUT2D eigenvalue weighted by Gasteiger charge is -2.22. The van der Waals surface area contributed by atoms with Gasteiger partial charge in [0, 0.05) is 17.5 Å². The summed E-state index contributed by atoms with van der Waals surface area (Å²) in [7, 11) is 0. The normalized spacial score (nSPS) is 13.7. The van der Waals surface area contributed by atoms with Crippen molar-refractivity contribution in [3.05, 3.63) is 76.2 Å². The number of rotatable bonds is 5. The van der Waals surface area contributed by atoms with Crippen LogP contribution in [0.25, 0.3) is 11.3 Å². The standard InChI is InChI=1S/C19H18Cl2N2O/c1-12(22)16(7-13-5-6-17(20)18(21)8-13)14-3-2-4-15(9-14)19-10-23-11-24-19/h2-6,8-12,16H,7,22H2,1H3. The molecule has 2 N–H and O–H groups in total. The van der Waals surface area contributed by atoms with Crippen molar-refractivity contribution < 1.29 is 4.42 Å². The van der Waals surface area contributed by atoms with Crippen molar-refractivity contribution in [1.29, 1.82) is 0 Å². The van der Waals surface area contributed by atoms with Crippen molar-refractivity contribution in [2.45, 2.75) is 25.3 Å². The molecule has 1 aromatic heterocycles. The largest absolute Gasteiger partial charge is 0.444 e. The van der Waals surface area contributed by atoms with Crippen LogP contribution in [0.5, 0.6) is 0 Å². The Bertz CT molecular complexity index is 816. The van der Waals surface area contributed by atoms with Crippen molar-refractivity contribution in [1.82, 2.24) is 4.98 Å². The van der Waals surface area contributed by atoms with E-state index in [0.29, 0.717) is 10.0 Å². The van der Waals surface area contributed by atoms with Gasteiger partial charge in [-0.05, 0) is 42.7 Å². The molecule has 0 spiro atoms. The van der Waals surface area contributed by atoms with E-state index < -0.39 is 0 Å². The summed E-state index contributed by atoms with van der Waals surface area (Å²) in [5.74, 6) is 0.903. The molecule has 3 aromatic rings. The highest BCUT2D eigenvalue weighted by Gasteiger charge is 2.18. The second kappa shape index (κ2) is 7.39. The van der Waals surface area contributed by atoms with Crippen LogP contribution >= 0.6 is 23.2 Å².